The number of hydrogen-bond donors (Lipinski definition) is 4. The maximum atomic E-state index is 11.0. The lowest BCUT2D eigenvalue weighted by Gasteiger charge is -2.33. The topological polar surface area (TPSA) is 105 Å². The standard InChI is InChI=1S/C21H18N2O2.CH5NS/c22-23-13-16-12-15-7-2-4-10-18(15)20(21(16,24)25)19-11-5-8-14-6-1-3-9-17(14)19;1-3-2/h1-13,16,24-25H,22H2;2H2,1H3/b23-13+;. The smallest absolute Gasteiger partial charge is 0.202 e. The van der Waals surface area contributed by atoms with Crippen molar-refractivity contribution in [1.29, 1.82) is 0 Å². The summed E-state index contributed by atoms with van der Waals surface area (Å²) in [7, 11) is 0. The van der Waals surface area contributed by atoms with Crippen molar-refractivity contribution >= 4 is 40.6 Å². The highest BCUT2D eigenvalue weighted by atomic mass is 32.2. The SMILES string of the molecule is CSN.N/N=C/C1C=c2ccccc2=C(c2cccc3ccccc23)C1(O)O. The molecule has 0 saturated heterocycles. The van der Waals surface area contributed by atoms with E-state index in [1.54, 1.807) is 6.08 Å². The Morgan fingerprint density at radius 3 is 2.39 bits per heavy atom. The van der Waals surface area contributed by atoms with Crippen molar-refractivity contribution in [2.75, 3.05) is 6.26 Å². The fourth-order valence-electron chi connectivity index (χ4n) is 3.57. The molecule has 1 atom stereocenters. The lowest BCUT2D eigenvalue weighted by atomic mass is 9.80. The van der Waals surface area contributed by atoms with Gasteiger partial charge in [-0.05, 0) is 33.0 Å². The first-order valence-corrected chi connectivity index (χ1v) is 10.0. The molecule has 0 spiro atoms. The Morgan fingerprint density at radius 1 is 1.00 bits per heavy atom. The maximum absolute atomic E-state index is 11.0. The minimum Gasteiger partial charge on any atom is -0.361 e. The molecule has 0 aliphatic heterocycles. The van der Waals surface area contributed by atoms with Gasteiger partial charge in [-0.3, -0.25) is 5.14 Å². The van der Waals surface area contributed by atoms with Gasteiger partial charge in [0, 0.05) is 11.8 Å². The molecule has 0 fully saturated rings. The van der Waals surface area contributed by atoms with Crippen LogP contribution >= 0.6 is 11.9 Å². The number of nitrogens with zero attached hydrogens (tertiary/aromatic N) is 1. The third kappa shape index (κ3) is 3.68. The number of aliphatic hydroxyl groups is 2. The first kappa shape index (κ1) is 20.1. The Morgan fingerprint density at radius 2 is 1.64 bits per heavy atom. The van der Waals surface area contributed by atoms with E-state index in [9.17, 15) is 10.2 Å². The van der Waals surface area contributed by atoms with Crippen molar-refractivity contribution < 1.29 is 10.2 Å². The summed E-state index contributed by atoms with van der Waals surface area (Å²) in [6.45, 7) is 0. The second-order valence-corrected chi connectivity index (χ2v) is 6.91. The zero-order valence-electron chi connectivity index (χ0n) is 15.5. The van der Waals surface area contributed by atoms with Gasteiger partial charge in [0.05, 0.1) is 5.92 Å². The van der Waals surface area contributed by atoms with Crippen molar-refractivity contribution in [1.82, 2.24) is 0 Å². The minimum atomic E-state index is -2.11. The van der Waals surface area contributed by atoms with Gasteiger partial charge in [0.1, 0.15) is 0 Å². The molecule has 28 heavy (non-hydrogen) atoms. The average molecular weight is 394 g/mol. The van der Waals surface area contributed by atoms with Gasteiger partial charge in [-0.15, -0.1) is 0 Å². The molecule has 1 aliphatic rings. The fourth-order valence-corrected chi connectivity index (χ4v) is 3.57. The monoisotopic (exact) mass is 393 g/mol. The summed E-state index contributed by atoms with van der Waals surface area (Å²) in [5, 5.41) is 34.1. The van der Waals surface area contributed by atoms with Crippen LogP contribution in [-0.4, -0.2) is 28.5 Å². The van der Waals surface area contributed by atoms with Gasteiger partial charge >= 0.3 is 0 Å². The molecule has 3 aromatic carbocycles. The molecule has 1 aliphatic carbocycles. The highest BCUT2D eigenvalue weighted by molar-refractivity contribution is 7.96. The van der Waals surface area contributed by atoms with Gasteiger partial charge in [-0.25, -0.2) is 0 Å². The van der Waals surface area contributed by atoms with E-state index in [1.807, 2.05) is 73.0 Å². The van der Waals surface area contributed by atoms with Crippen LogP contribution in [0.1, 0.15) is 5.56 Å². The van der Waals surface area contributed by atoms with E-state index in [1.165, 1.54) is 18.2 Å². The van der Waals surface area contributed by atoms with Crippen LogP contribution in [0.5, 0.6) is 0 Å². The normalized spacial score (nSPS) is 17.6. The van der Waals surface area contributed by atoms with E-state index in [2.05, 4.69) is 5.10 Å². The number of nitrogens with two attached hydrogens (primary N) is 2. The first-order valence-electron chi connectivity index (χ1n) is 8.75. The summed E-state index contributed by atoms with van der Waals surface area (Å²) < 4.78 is 0. The van der Waals surface area contributed by atoms with Gasteiger partial charge < -0.3 is 16.1 Å². The summed E-state index contributed by atoms with van der Waals surface area (Å²) in [5.74, 6) is 2.45. The number of rotatable bonds is 2. The molecule has 0 radical (unpaired) electrons. The quantitative estimate of drug-likeness (QED) is 0.173. The highest BCUT2D eigenvalue weighted by Gasteiger charge is 2.40. The first-order chi connectivity index (χ1) is 13.5. The van der Waals surface area contributed by atoms with Crippen molar-refractivity contribution in [3.05, 3.63) is 82.7 Å². The molecule has 6 N–H and O–H groups in total. The zero-order chi connectivity index (χ0) is 20.1. The lowest BCUT2D eigenvalue weighted by Crippen LogP contribution is -2.49. The summed E-state index contributed by atoms with van der Waals surface area (Å²) in [6.07, 6.45) is 4.96. The average Bonchev–Trinajstić information content (AvgIpc) is 2.69. The van der Waals surface area contributed by atoms with E-state index >= 15 is 0 Å². The second-order valence-electron chi connectivity index (χ2n) is 6.44. The third-order valence-electron chi connectivity index (χ3n) is 4.73. The van der Waals surface area contributed by atoms with Gasteiger partial charge in [0.2, 0.25) is 5.79 Å². The van der Waals surface area contributed by atoms with Crippen molar-refractivity contribution in [3.63, 3.8) is 0 Å². The Labute approximate surface area is 167 Å². The molecule has 144 valence electrons. The van der Waals surface area contributed by atoms with Crippen molar-refractivity contribution in [2.45, 2.75) is 5.79 Å². The Balaban J connectivity index is 0.000000706. The van der Waals surface area contributed by atoms with Gasteiger partial charge in [0.25, 0.3) is 0 Å². The molecule has 4 rings (SSSR count). The fraction of sp³-hybridized carbons (Fsp3) is 0.136. The Bertz CT molecular complexity index is 1120. The van der Waals surface area contributed by atoms with Crippen molar-refractivity contribution in [3.8, 4) is 0 Å². The number of benzene rings is 3. The van der Waals surface area contributed by atoms with Crippen molar-refractivity contribution in [2.24, 2.45) is 22.0 Å². The second kappa shape index (κ2) is 8.58. The van der Waals surface area contributed by atoms with Crippen LogP contribution in [0.3, 0.4) is 0 Å². The van der Waals surface area contributed by atoms with Gasteiger partial charge in [-0.1, -0.05) is 84.8 Å². The number of fused-ring (bicyclic) bond motifs is 2. The molecule has 0 aromatic heterocycles. The maximum Gasteiger partial charge on any atom is 0.202 e. The minimum absolute atomic E-state index is 0.465. The van der Waals surface area contributed by atoms with E-state index in [0.717, 1.165) is 26.8 Å². The molecule has 0 saturated carbocycles. The van der Waals surface area contributed by atoms with E-state index in [4.69, 9.17) is 11.0 Å². The number of hydrazone groups is 1. The molecule has 3 aromatic rings. The molecule has 0 heterocycles. The molecular formula is C22H23N3O2S. The summed E-state index contributed by atoms with van der Waals surface area (Å²) in [5.41, 5.74) is 1.26. The van der Waals surface area contributed by atoms with Crippen LogP contribution < -0.4 is 21.4 Å². The molecular weight excluding hydrogens is 370 g/mol. The van der Waals surface area contributed by atoms with Gasteiger partial charge in [-0.2, -0.15) is 5.10 Å². The van der Waals surface area contributed by atoms with Crippen LogP contribution in [-0.2, 0) is 0 Å². The van der Waals surface area contributed by atoms with Crippen LogP contribution in [0.4, 0.5) is 0 Å². The third-order valence-corrected chi connectivity index (χ3v) is 4.73. The number of hydrogen-bond acceptors (Lipinski definition) is 6. The summed E-state index contributed by atoms with van der Waals surface area (Å²) in [4.78, 5) is 0. The summed E-state index contributed by atoms with van der Waals surface area (Å²) >= 11 is 1.25. The molecule has 0 amide bonds. The van der Waals surface area contributed by atoms with E-state index in [0.29, 0.717) is 5.57 Å². The predicted molar refractivity (Wildman–Crippen MR) is 118 cm³/mol. The molecule has 6 heteroatoms. The summed E-state index contributed by atoms with van der Waals surface area (Å²) in [6, 6.07) is 21.4. The predicted octanol–water partition coefficient (Wildman–Crippen LogP) is 1.30. The Hall–Kier alpha value is -2.64. The largest absolute Gasteiger partial charge is 0.361 e. The lowest BCUT2D eigenvalue weighted by molar-refractivity contribution is -0.118. The molecule has 1 unspecified atom stereocenters. The zero-order valence-corrected chi connectivity index (χ0v) is 16.3. The van der Waals surface area contributed by atoms with E-state index in [-0.39, 0.29) is 0 Å². The van der Waals surface area contributed by atoms with Crippen LogP contribution in [0, 0.1) is 5.92 Å². The molecule has 0 bridgehead atoms. The van der Waals surface area contributed by atoms with E-state index < -0.39 is 11.7 Å². The van der Waals surface area contributed by atoms with Crippen LogP contribution in [0.15, 0.2) is 71.8 Å². The van der Waals surface area contributed by atoms with Crippen LogP contribution in [0.2, 0.25) is 0 Å². The van der Waals surface area contributed by atoms with Crippen LogP contribution in [0.25, 0.3) is 22.4 Å². The highest BCUT2D eigenvalue weighted by Crippen LogP contribution is 2.34. The molecule has 5 nitrogen and oxygen atoms in total. The van der Waals surface area contributed by atoms with Gasteiger partial charge in [0.15, 0.2) is 0 Å². The Kier molecular flexibility index (Phi) is 6.16.